The number of hydrogen-bond donors (Lipinski definition) is 0. The highest BCUT2D eigenvalue weighted by molar-refractivity contribution is 5.87. The molecule has 88 valence electrons. The second-order valence-corrected chi connectivity index (χ2v) is 4.55. The molecule has 1 rings (SSSR count). The van der Waals surface area contributed by atoms with Crippen molar-refractivity contribution >= 4 is 5.78 Å². The molecule has 0 atom stereocenters. The van der Waals surface area contributed by atoms with E-state index in [0.717, 1.165) is 24.3 Å². The van der Waals surface area contributed by atoms with E-state index in [4.69, 9.17) is 4.74 Å². The molecule has 0 aliphatic rings. The molecule has 0 spiro atoms. The van der Waals surface area contributed by atoms with Crippen molar-refractivity contribution in [2.45, 2.75) is 39.5 Å². The Morgan fingerprint density at radius 3 is 2.25 bits per heavy atom. The van der Waals surface area contributed by atoms with Gasteiger partial charge in [0.1, 0.15) is 11.5 Å². The number of carbonyl (C=O) groups is 1. The maximum absolute atomic E-state index is 11.5. The molecular weight excluding hydrogens is 200 g/mol. The van der Waals surface area contributed by atoms with Gasteiger partial charge in [-0.05, 0) is 44.9 Å². The van der Waals surface area contributed by atoms with Crippen LogP contribution >= 0.6 is 0 Å². The maximum atomic E-state index is 11.5. The fraction of sp³-hybridized carbons (Fsp3) is 0.500. The molecule has 0 saturated heterocycles. The SMILES string of the molecule is CCCOc1ccc(C(C)(C)C(C)=O)cc1. The average Bonchev–Trinajstić information content (AvgIpc) is 2.26. The van der Waals surface area contributed by atoms with Gasteiger partial charge in [0.2, 0.25) is 0 Å². The Bertz CT molecular complexity index is 350. The molecule has 0 saturated carbocycles. The monoisotopic (exact) mass is 220 g/mol. The standard InChI is InChI=1S/C14H20O2/c1-5-10-16-13-8-6-12(7-9-13)14(3,4)11(2)15/h6-9H,5,10H2,1-4H3. The molecule has 0 heterocycles. The summed E-state index contributed by atoms with van der Waals surface area (Å²) in [6.45, 7) is 8.32. The van der Waals surface area contributed by atoms with Gasteiger partial charge >= 0.3 is 0 Å². The van der Waals surface area contributed by atoms with Gasteiger partial charge in [-0.1, -0.05) is 19.1 Å². The third-order valence-corrected chi connectivity index (χ3v) is 2.93. The molecule has 0 aliphatic heterocycles. The second-order valence-electron chi connectivity index (χ2n) is 4.55. The fourth-order valence-electron chi connectivity index (χ4n) is 1.39. The van der Waals surface area contributed by atoms with Crippen LogP contribution in [0.4, 0.5) is 0 Å². The van der Waals surface area contributed by atoms with E-state index >= 15 is 0 Å². The summed E-state index contributed by atoms with van der Waals surface area (Å²) in [5.74, 6) is 1.04. The van der Waals surface area contributed by atoms with Crippen molar-refractivity contribution in [3.05, 3.63) is 29.8 Å². The average molecular weight is 220 g/mol. The number of rotatable bonds is 5. The predicted molar refractivity (Wildman–Crippen MR) is 65.9 cm³/mol. The van der Waals surface area contributed by atoms with Gasteiger partial charge in [-0.2, -0.15) is 0 Å². The summed E-state index contributed by atoms with van der Waals surface area (Å²) in [6, 6.07) is 7.78. The molecular formula is C14H20O2. The van der Waals surface area contributed by atoms with Crippen molar-refractivity contribution in [3.63, 3.8) is 0 Å². The lowest BCUT2D eigenvalue weighted by molar-refractivity contribution is -0.121. The highest BCUT2D eigenvalue weighted by Gasteiger charge is 2.25. The summed E-state index contributed by atoms with van der Waals surface area (Å²) in [7, 11) is 0. The highest BCUT2D eigenvalue weighted by Crippen LogP contribution is 2.26. The molecule has 0 fully saturated rings. The van der Waals surface area contributed by atoms with Gasteiger partial charge in [0.05, 0.1) is 6.61 Å². The van der Waals surface area contributed by atoms with Crippen molar-refractivity contribution in [1.29, 1.82) is 0 Å². The van der Waals surface area contributed by atoms with Gasteiger partial charge in [-0.15, -0.1) is 0 Å². The Morgan fingerprint density at radius 2 is 1.81 bits per heavy atom. The summed E-state index contributed by atoms with van der Waals surface area (Å²) in [5.41, 5.74) is 0.618. The predicted octanol–water partition coefficient (Wildman–Crippen LogP) is 3.34. The van der Waals surface area contributed by atoms with Crippen LogP contribution in [-0.2, 0) is 10.2 Å². The minimum absolute atomic E-state index is 0.176. The van der Waals surface area contributed by atoms with E-state index in [-0.39, 0.29) is 5.78 Å². The summed E-state index contributed by atoms with van der Waals surface area (Å²) < 4.78 is 5.50. The minimum Gasteiger partial charge on any atom is -0.494 e. The number of Topliss-reactive ketones (excluding diaryl/α,β-unsaturated/α-hetero) is 1. The Balaban J connectivity index is 2.82. The van der Waals surface area contributed by atoms with Crippen LogP contribution in [0, 0.1) is 0 Å². The first kappa shape index (κ1) is 12.8. The van der Waals surface area contributed by atoms with Crippen LogP contribution < -0.4 is 4.74 Å². The van der Waals surface area contributed by atoms with Crippen molar-refractivity contribution in [1.82, 2.24) is 0 Å². The Labute approximate surface area is 97.6 Å². The van der Waals surface area contributed by atoms with Gasteiger partial charge < -0.3 is 4.74 Å². The summed E-state index contributed by atoms with van der Waals surface area (Å²) in [5, 5.41) is 0. The molecule has 0 amide bonds. The third kappa shape index (κ3) is 2.84. The lowest BCUT2D eigenvalue weighted by Gasteiger charge is -2.21. The minimum atomic E-state index is -0.413. The molecule has 1 aromatic rings. The van der Waals surface area contributed by atoms with Crippen molar-refractivity contribution in [3.8, 4) is 5.75 Å². The van der Waals surface area contributed by atoms with E-state index in [1.54, 1.807) is 6.92 Å². The Morgan fingerprint density at radius 1 is 1.25 bits per heavy atom. The summed E-state index contributed by atoms with van der Waals surface area (Å²) in [6.07, 6.45) is 1.00. The molecule has 1 aromatic carbocycles. The van der Waals surface area contributed by atoms with E-state index in [9.17, 15) is 4.79 Å². The topological polar surface area (TPSA) is 26.3 Å². The van der Waals surface area contributed by atoms with Gasteiger partial charge in [-0.3, -0.25) is 4.79 Å². The molecule has 0 unspecified atom stereocenters. The zero-order chi connectivity index (χ0) is 12.2. The molecule has 2 nitrogen and oxygen atoms in total. The summed E-state index contributed by atoms with van der Waals surface area (Å²) >= 11 is 0. The van der Waals surface area contributed by atoms with E-state index in [0.29, 0.717) is 0 Å². The second kappa shape index (κ2) is 5.15. The van der Waals surface area contributed by atoms with E-state index in [1.165, 1.54) is 0 Å². The third-order valence-electron chi connectivity index (χ3n) is 2.93. The lowest BCUT2D eigenvalue weighted by atomic mass is 9.81. The summed E-state index contributed by atoms with van der Waals surface area (Å²) in [4.78, 5) is 11.5. The van der Waals surface area contributed by atoms with Crippen LogP contribution in [0.1, 0.15) is 39.7 Å². The first-order valence-corrected chi connectivity index (χ1v) is 5.73. The Hall–Kier alpha value is -1.31. The van der Waals surface area contributed by atoms with Gasteiger partial charge in [0.25, 0.3) is 0 Å². The number of benzene rings is 1. The van der Waals surface area contributed by atoms with Crippen molar-refractivity contribution in [2.24, 2.45) is 0 Å². The number of hydrogen-bond acceptors (Lipinski definition) is 2. The molecule has 2 heteroatoms. The van der Waals surface area contributed by atoms with Crippen molar-refractivity contribution in [2.75, 3.05) is 6.61 Å². The number of carbonyl (C=O) groups excluding carboxylic acids is 1. The lowest BCUT2D eigenvalue weighted by Crippen LogP contribution is -2.26. The zero-order valence-electron chi connectivity index (χ0n) is 10.5. The van der Waals surface area contributed by atoms with Crippen molar-refractivity contribution < 1.29 is 9.53 Å². The highest BCUT2D eigenvalue weighted by atomic mass is 16.5. The van der Waals surface area contributed by atoms with Crippen LogP contribution in [0.3, 0.4) is 0 Å². The van der Waals surface area contributed by atoms with Crippen LogP contribution in [0.2, 0.25) is 0 Å². The maximum Gasteiger partial charge on any atom is 0.139 e. The number of ketones is 1. The quantitative estimate of drug-likeness (QED) is 0.760. The van der Waals surface area contributed by atoms with E-state index in [1.807, 2.05) is 38.1 Å². The molecule has 0 aromatic heterocycles. The molecule has 0 radical (unpaired) electrons. The largest absolute Gasteiger partial charge is 0.494 e. The first-order chi connectivity index (χ1) is 7.48. The van der Waals surface area contributed by atoms with Crippen LogP contribution in [-0.4, -0.2) is 12.4 Å². The number of ether oxygens (including phenoxy) is 1. The van der Waals surface area contributed by atoms with E-state index < -0.39 is 5.41 Å². The fourth-order valence-corrected chi connectivity index (χ4v) is 1.39. The van der Waals surface area contributed by atoms with Gasteiger partial charge in [0.15, 0.2) is 0 Å². The molecule has 0 bridgehead atoms. The van der Waals surface area contributed by atoms with Crippen LogP contribution in [0.15, 0.2) is 24.3 Å². The molecule has 16 heavy (non-hydrogen) atoms. The van der Waals surface area contributed by atoms with Crippen LogP contribution in [0.5, 0.6) is 5.75 Å². The van der Waals surface area contributed by atoms with E-state index in [2.05, 4.69) is 6.92 Å². The van der Waals surface area contributed by atoms with Gasteiger partial charge in [0, 0.05) is 5.41 Å². The normalized spacial score (nSPS) is 11.2. The molecule has 0 aliphatic carbocycles. The Kier molecular flexibility index (Phi) is 4.11. The first-order valence-electron chi connectivity index (χ1n) is 5.73. The van der Waals surface area contributed by atoms with Gasteiger partial charge in [-0.25, -0.2) is 0 Å². The zero-order valence-corrected chi connectivity index (χ0v) is 10.5. The molecule has 0 N–H and O–H groups in total. The smallest absolute Gasteiger partial charge is 0.139 e. The van der Waals surface area contributed by atoms with Crippen LogP contribution in [0.25, 0.3) is 0 Å².